The third-order valence-corrected chi connectivity index (χ3v) is 3.73. The molecule has 1 rings (SSSR count). The highest BCUT2D eigenvalue weighted by Crippen LogP contribution is 2.20. The van der Waals surface area contributed by atoms with Crippen LogP contribution in [-0.4, -0.2) is 6.54 Å². The third-order valence-electron chi connectivity index (χ3n) is 3.44. The molecule has 0 unspecified atom stereocenters. The maximum atomic E-state index is 13.7. The molecule has 18 heavy (non-hydrogen) atoms. The van der Waals surface area contributed by atoms with Crippen LogP contribution in [0.4, 0.5) is 4.39 Å². The van der Waals surface area contributed by atoms with E-state index < -0.39 is 0 Å². The van der Waals surface area contributed by atoms with Gasteiger partial charge in [-0.15, -0.1) is 0 Å². The number of rotatable bonds is 6. The van der Waals surface area contributed by atoms with E-state index in [9.17, 15) is 4.39 Å². The van der Waals surface area contributed by atoms with E-state index in [4.69, 9.17) is 11.6 Å². The molecule has 1 aromatic rings. The first kappa shape index (κ1) is 15.5. The van der Waals surface area contributed by atoms with Gasteiger partial charge in [0.05, 0.1) is 5.02 Å². The Balaban J connectivity index is 2.53. The van der Waals surface area contributed by atoms with Crippen LogP contribution in [-0.2, 0) is 6.54 Å². The third kappa shape index (κ3) is 4.25. The van der Waals surface area contributed by atoms with Crippen molar-refractivity contribution in [1.82, 2.24) is 5.32 Å². The first-order valence-corrected chi connectivity index (χ1v) is 6.94. The van der Waals surface area contributed by atoms with Crippen LogP contribution in [0.15, 0.2) is 18.2 Å². The molecule has 0 atom stereocenters. The second-order valence-electron chi connectivity index (χ2n) is 5.50. The van der Waals surface area contributed by atoms with E-state index in [-0.39, 0.29) is 10.8 Å². The van der Waals surface area contributed by atoms with Gasteiger partial charge < -0.3 is 5.32 Å². The largest absolute Gasteiger partial charge is 0.312 e. The van der Waals surface area contributed by atoms with Gasteiger partial charge in [0.1, 0.15) is 5.82 Å². The molecule has 1 aromatic carbocycles. The van der Waals surface area contributed by atoms with Gasteiger partial charge in [-0.2, -0.15) is 0 Å². The fourth-order valence-electron chi connectivity index (χ4n) is 2.30. The van der Waals surface area contributed by atoms with Gasteiger partial charge in [0.15, 0.2) is 0 Å². The van der Waals surface area contributed by atoms with E-state index in [2.05, 4.69) is 33.0 Å². The molecule has 0 aliphatic heterocycles. The van der Waals surface area contributed by atoms with Gasteiger partial charge in [-0.1, -0.05) is 51.4 Å². The average Bonchev–Trinajstić information content (AvgIpc) is 2.28. The van der Waals surface area contributed by atoms with Crippen molar-refractivity contribution in [3.8, 4) is 0 Å². The van der Waals surface area contributed by atoms with Crippen molar-refractivity contribution in [1.29, 1.82) is 0 Å². The summed E-state index contributed by atoms with van der Waals surface area (Å²) in [5, 5.41) is 3.53. The van der Waals surface area contributed by atoms with E-state index >= 15 is 0 Å². The lowest BCUT2D eigenvalue weighted by molar-refractivity contribution is 0.275. The standard InChI is InChI=1S/C15H23ClFN/c1-10(2)13(11(3)4)9-18-8-12-6-5-7-14(16)15(12)17/h5-7,10-11,13,18H,8-9H2,1-4H3. The van der Waals surface area contributed by atoms with Crippen molar-refractivity contribution in [3.63, 3.8) is 0 Å². The first-order chi connectivity index (χ1) is 8.43. The number of benzene rings is 1. The molecule has 0 aromatic heterocycles. The van der Waals surface area contributed by atoms with Crippen LogP contribution in [0.3, 0.4) is 0 Å². The fourth-order valence-corrected chi connectivity index (χ4v) is 2.49. The van der Waals surface area contributed by atoms with Gasteiger partial charge in [0.25, 0.3) is 0 Å². The molecule has 0 heterocycles. The molecule has 0 amide bonds. The molecule has 1 nitrogen and oxygen atoms in total. The Kier molecular flexibility index (Phi) is 6.10. The number of hydrogen-bond donors (Lipinski definition) is 1. The molecular formula is C15H23ClFN. The lowest BCUT2D eigenvalue weighted by Gasteiger charge is -2.25. The quantitative estimate of drug-likeness (QED) is 0.803. The maximum absolute atomic E-state index is 13.7. The van der Waals surface area contributed by atoms with Crippen LogP contribution in [0.2, 0.25) is 5.02 Å². The predicted molar refractivity (Wildman–Crippen MR) is 76.3 cm³/mol. The summed E-state index contributed by atoms with van der Waals surface area (Å²) in [4.78, 5) is 0. The number of halogens is 2. The van der Waals surface area contributed by atoms with Crippen molar-refractivity contribution in [2.45, 2.75) is 34.2 Å². The van der Waals surface area contributed by atoms with Gasteiger partial charge in [-0.05, 0) is 30.4 Å². The molecule has 0 saturated carbocycles. The zero-order chi connectivity index (χ0) is 13.7. The average molecular weight is 272 g/mol. The number of nitrogens with one attached hydrogen (secondary N) is 1. The minimum atomic E-state index is -0.308. The summed E-state index contributed by atoms with van der Waals surface area (Å²) in [6, 6.07) is 5.13. The molecular weight excluding hydrogens is 249 g/mol. The SMILES string of the molecule is CC(C)C(CNCc1cccc(Cl)c1F)C(C)C. The lowest BCUT2D eigenvalue weighted by Crippen LogP contribution is -2.29. The topological polar surface area (TPSA) is 12.0 Å². The van der Waals surface area contributed by atoms with Crippen molar-refractivity contribution in [2.24, 2.45) is 17.8 Å². The summed E-state index contributed by atoms with van der Waals surface area (Å²) in [5.74, 6) is 1.55. The van der Waals surface area contributed by atoms with Crippen LogP contribution >= 0.6 is 11.6 Å². The van der Waals surface area contributed by atoms with Gasteiger partial charge in [-0.3, -0.25) is 0 Å². The monoisotopic (exact) mass is 271 g/mol. The summed E-state index contributed by atoms with van der Waals surface area (Å²) in [7, 11) is 0. The molecule has 102 valence electrons. The fraction of sp³-hybridized carbons (Fsp3) is 0.600. The van der Waals surface area contributed by atoms with Gasteiger partial charge in [0, 0.05) is 12.1 Å². The molecule has 0 aliphatic rings. The minimum Gasteiger partial charge on any atom is -0.312 e. The normalized spacial score (nSPS) is 11.8. The lowest BCUT2D eigenvalue weighted by atomic mass is 9.85. The molecule has 0 aliphatic carbocycles. The molecule has 3 heteroatoms. The predicted octanol–water partition coefficient (Wildman–Crippen LogP) is 4.50. The van der Waals surface area contributed by atoms with Crippen molar-refractivity contribution >= 4 is 11.6 Å². The highest BCUT2D eigenvalue weighted by molar-refractivity contribution is 6.30. The van der Waals surface area contributed by atoms with Gasteiger partial charge in [-0.25, -0.2) is 4.39 Å². The Morgan fingerprint density at radius 1 is 1.17 bits per heavy atom. The Labute approximate surface area is 115 Å². The van der Waals surface area contributed by atoms with Crippen LogP contribution in [0.1, 0.15) is 33.3 Å². The summed E-state index contributed by atoms with van der Waals surface area (Å²) < 4.78 is 13.7. The Hall–Kier alpha value is -0.600. The van der Waals surface area contributed by atoms with Crippen molar-refractivity contribution < 1.29 is 4.39 Å². The van der Waals surface area contributed by atoms with Crippen LogP contribution < -0.4 is 5.32 Å². The van der Waals surface area contributed by atoms with E-state index in [1.54, 1.807) is 18.2 Å². The number of hydrogen-bond acceptors (Lipinski definition) is 1. The van der Waals surface area contributed by atoms with E-state index in [1.165, 1.54) is 0 Å². The summed E-state index contributed by atoms with van der Waals surface area (Å²) in [6.07, 6.45) is 0. The van der Waals surface area contributed by atoms with E-state index in [0.29, 0.717) is 29.9 Å². The summed E-state index contributed by atoms with van der Waals surface area (Å²) in [5.41, 5.74) is 0.633. The molecule has 0 bridgehead atoms. The highest BCUT2D eigenvalue weighted by atomic mass is 35.5. The second kappa shape index (κ2) is 7.10. The maximum Gasteiger partial charge on any atom is 0.146 e. The van der Waals surface area contributed by atoms with E-state index in [0.717, 1.165) is 6.54 Å². The molecule has 0 radical (unpaired) electrons. The Morgan fingerprint density at radius 3 is 2.33 bits per heavy atom. The Bertz CT molecular complexity index is 369. The Morgan fingerprint density at radius 2 is 1.78 bits per heavy atom. The zero-order valence-electron chi connectivity index (χ0n) is 11.6. The minimum absolute atomic E-state index is 0.193. The molecule has 0 fully saturated rings. The van der Waals surface area contributed by atoms with Crippen LogP contribution in [0.25, 0.3) is 0 Å². The second-order valence-corrected chi connectivity index (χ2v) is 5.90. The zero-order valence-corrected chi connectivity index (χ0v) is 12.4. The first-order valence-electron chi connectivity index (χ1n) is 6.57. The smallest absolute Gasteiger partial charge is 0.146 e. The van der Waals surface area contributed by atoms with Crippen LogP contribution in [0.5, 0.6) is 0 Å². The van der Waals surface area contributed by atoms with E-state index in [1.807, 2.05) is 0 Å². The molecule has 1 N–H and O–H groups in total. The van der Waals surface area contributed by atoms with Gasteiger partial charge >= 0.3 is 0 Å². The summed E-state index contributed by atoms with van der Waals surface area (Å²) >= 11 is 5.75. The van der Waals surface area contributed by atoms with Crippen molar-refractivity contribution in [2.75, 3.05) is 6.54 Å². The van der Waals surface area contributed by atoms with Crippen molar-refractivity contribution in [3.05, 3.63) is 34.6 Å². The summed E-state index contributed by atoms with van der Waals surface area (Å²) in [6.45, 7) is 10.3. The highest BCUT2D eigenvalue weighted by Gasteiger charge is 2.17. The van der Waals surface area contributed by atoms with Gasteiger partial charge in [0.2, 0.25) is 0 Å². The van der Waals surface area contributed by atoms with Crippen LogP contribution in [0, 0.1) is 23.6 Å². The molecule has 0 spiro atoms. The molecule has 0 saturated heterocycles.